The molecule has 0 unspecified atom stereocenters. The van der Waals surface area contributed by atoms with E-state index in [9.17, 15) is 0 Å². The molecule has 0 fully saturated rings. The summed E-state index contributed by atoms with van der Waals surface area (Å²) in [5, 5.41) is 11.4. The Morgan fingerprint density at radius 1 is 0.517 bits per heavy atom. The molecule has 0 amide bonds. The third-order valence-electron chi connectivity index (χ3n) is 6.19. The van der Waals surface area contributed by atoms with Crippen LogP contribution in [0.2, 0.25) is 10.0 Å². The van der Waals surface area contributed by atoms with E-state index in [1.54, 1.807) is 0 Å². The molecule has 0 bridgehead atoms. The first-order valence-corrected chi connectivity index (χ1v) is 10.3. The zero-order valence-corrected chi connectivity index (χ0v) is 16.7. The Bertz CT molecular complexity index is 1780. The monoisotopic (exact) mass is 409 g/mol. The molecule has 2 aromatic heterocycles. The third kappa shape index (κ3) is 1.92. The minimum absolute atomic E-state index is 0.750. The van der Waals surface area contributed by atoms with Crippen molar-refractivity contribution < 1.29 is 0 Å². The lowest BCUT2D eigenvalue weighted by atomic mass is 9.97. The van der Waals surface area contributed by atoms with E-state index in [4.69, 9.17) is 23.2 Å². The predicted octanol–water partition coefficient (Wildman–Crippen LogP) is 8.45. The average molecular weight is 410 g/mol. The Morgan fingerprint density at radius 3 is 2.24 bits per heavy atom. The largest absolute Gasteiger partial charge is 0.308 e. The maximum absolute atomic E-state index is 6.44. The van der Waals surface area contributed by atoms with Crippen LogP contribution in [-0.2, 0) is 0 Å². The van der Waals surface area contributed by atoms with Gasteiger partial charge in [-0.1, -0.05) is 65.7 Å². The van der Waals surface area contributed by atoms with E-state index in [-0.39, 0.29) is 0 Å². The number of benzene rings is 5. The molecule has 0 spiro atoms. The van der Waals surface area contributed by atoms with E-state index in [2.05, 4.69) is 71.1 Å². The van der Waals surface area contributed by atoms with Gasteiger partial charge in [0.2, 0.25) is 0 Å². The summed E-state index contributed by atoms with van der Waals surface area (Å²) in [6, 6.07) is 27.7. The van der Waals surface area contributed by atoms with Gasteiger partial charge in [-0.05, 0) is 57.9 Å². The van der Waals surface area contributed by atoms with E-state index in [0.717, 1.165) is 15.6 Å². The number of aromatic nitrogens is 1. The van der Waals surface area contributed by atoms with Gasteiger partial charge in [-0.2, -0.15) is 0 Å². The molecule has 0 N–H and O–H groups in total. The summed E-state index contributed by atoms with van der Waals surface area (Å²) in [7, 11) is 0. The molecule has 136 valence electrons. The Kier molecular flexibility index (Phi) is 2.91. The van der Waals surface area contributed by atoms with Gasteiger partial charge >= 0.3 is 0 Å². The smallest absolute Gasteiger partial charge is 0.0627 e. The predicted molar refractivity (Wildman–Crippen MR) is 126 cm³/mol. The highest BCUT2D eigenvalue weighted by molar-refractivity contribution is 6.38. The van der Waals surface area contributed by atoms with Crippen molar-refractivity contribution in [2.24, 2.45) is 0 Å². The lowest BCUT2D eigenvalue weighted by Gasteiger charge is -2.05. The van der Waals surface area contributed by atoms with Gasteiger partial charge in [0.15, 0.2) is 0 Å². The quantitative estimate of drug-likeness (QED) is 0.236. The highest BCUT2D eigenvalue weighted by Crippen LogP contribution is 2.45. The second-order valence-electron chi connectivity index (χ2n) is 7.69. The molecule has 1 nitrogen and oxygen atoms in total. The summed E-state index contributed by atoms with van der Waals surface area (Å²) in [5.74, 6) is 0. The van der Waals surface area contributed by atoms with E-state index >= 15 is 0 Å². The first-order chi connectivity index (χ1) is 14.2. The lowest BCUT2D eigenvalue weighted by molar-refractivity contribution is 1.37. The molecule has 7 aromatic rings. The summed E-state index contributed by atoms with van der Waals surface area (Å²) in [4.78, 5) is 0. The highest BCUT2D eigenvalue weighted by atomic mass is 35.5. The van der Waals surface area contributed by atoms with Crippen LogP contribution < -0.4 is 0 Å². The minimum Gasteiger partial charge on any atom is -0.308 e. The van der Waals surface area contributed by atoms with Crippen molar-refractivity contribution in [2.75, 3.05) is 0 Å². The minimum atomic E-state index is 0.750. The number of halogens is 2. The van der Waals surface area contributed by atoms with Crippen LogP contribution in [0.1, 0.15) is 0 Å². The summed E-state index contributed by atoms with van der Waals surface area (Å²) in [5.41, 5.74) is 3.58. The van der Waals surface area contributed by atoms with Crippen LogP contribution in [0.25, 0.3) is 59.6 Å². The lowest BCUT2D eigenvalue weighted by Crippen LogP contribution is -1.81. The second-order valence-corrected chi connectivity index (χ2v) is 8.56. The molecular formula is C26H13Cl2N. The van der Waals surface area contributed by atoms with Gasteiger partial charge in [0.05, 0.1) is 16.6 Å². The molecule has 2 heterocycles. The van der Waals surface area contributed by atoms with Crippen LogP contribution in [0.4, 0.5) is 0 Å². The van der Waals surface area contributed by atoms with E-state index in [1.165, 1.54) is 54.1 Å². The maximum atomic E-state index is 6.44. The fourth-order valence-electron chi connectivity index (χ4n) is 5.04. The molecule has 5 aromatic carbocycles. The standard InChI is InChI=1S/C26H13Cl2N/c27-16-7-5-15-11-21-19-9-8-17(28)13-23(19)29-22-10-6-14-3-1-2-4-18(14)24(22)25(26(21)29)20(15)12-16/h1-13H. The van der Waals surface area contributed by atoms with Crippen molar-refractivity contribution in [1.29, 1.82) is 0 Å². The molecule has 29 heavy (non-hydrogen) atoms. The van der Waals surface area contributed by atoms with Crippen molar-refractivity contribution in [3.8, 4) is 0 Å². The van der Waals surface area contributed by atoms with Crippen molar-refractivity contribution in [2.45, 2.75) is 0 Å². The fourth-order valence-corrected chi connectivity index (χ4v) is 5.38. The van der Waals surface area contributed by atoms with Gasteiger partial charge in [-0.3, -0.25) is 0 Å². The van der Waals surface area contributed by atoms with Crippen molar-refractivity contribution in [3.05, 3.63) is 88.9 Å². The Hall–Kier alpha value is -3.00. The third-order valence-corrected chi connectivity index (χ3v) is 6.66. The van der Waals surface area contributed by atoms with Crippen LogP contribution >= 0.6 is 23.2 Å². The van der Waals surface area contributed by atoms with Crippen LogP contribution in [0.3, 0.4) is 0 Å². The summed E-state index contributed by atoms with van der Waals surface area (Å²) in [6.07, 6.45) is 0. The first-order valence-electron chi connectivity index (χ1n) is 9.59. The van der Waals surface area contributed by atoms with Gasteiger partial charge in [0.25, 0.3) is 0 Å². The Labute approximate surface area is 176 Å². The average Bonchev–Trinajstić information content (AvgIpc) is 3.24. The topological polar surface area (TPSA) is 4.41 Å². The van der Waals surface area contributed by atoms with E-state index in [1.807, 2.05) is 12.1 Å². The fraction of sp³-hybridized carbons (Fsp3) is 0. The molecule has 0 aliphatic carbocycles. The summed E-state index contributed by atoms with van der Waals surface area (Å²) in [6.45, 7) is 0. The zero-order valence-electron chi connectivity index (χ0n) is 15.2. The van der Waals surface area contributed by atoms with Crippen molar-refractivity contribution >= 4 is 82.8 Å². The van der Waals surface area contributed by atoms with E-state index in [0.29, 0.717) is 0 Å². The normalized spacial score (nSPS) is 12.5. The summed E-state index contributed by atoms with van der Waals surface area (Å²) >= 11 is 12.8. The van der Waals surface area contributed by atoms with Crippen LogP contribution in [0.15, 0.2) is 78.9 Å². The van der Waals surface area contributed by atoms with Crippen LogP contribution in [0, 0.1) is 0 Å². The summed E-state index contributed by atoms with van der Waals surface area (Å²) < 4.78 is 2.37. The number of rotatable bonds is 0. The van der Waals surface area contributed by atoms with Crippen LogP contribution in [-0.4, -0.2) is 4.40 Å². The highest BCUT2D eigenvalue weighted by Gasteiger charge is 2.21. The molecule has 0 radical (unpaired) electrons. The van der Waals surface area contributed by atoms with Crippen molar-refractivity contribution in [3.63, 3.8) is 0 Å². The van der Waals surface area contributed by atoms with E-state index < -0.39 is 0 Å². The molecule has 0 saturated carbocycles. The van der Waals surface area contributed by atoms with Gasteiger partial charge in [-0.25, -0.2) is 0 Å². The van der Waals surface area contributed by atoms with Gasteiger partial charge in [0.1, 0.15) is 0 Å². The van der Waals surface area contributed by atoms with Gasteiger partial charge in [0, 0.05) is 31.6 Å². The zero-order chi connectivity index (χ0) is 19.3. The number of fused-ring (bicyclic) bond motifs is 10. The number of hydrogen-bond donors (Lipinski definition) is 0. The molecule has 0 saturated heterocycles. The molecule has 0 aliphatic rings. The van der Waals surface area contributed by atoms with Crippen LogP contribution in [0.5, 0.6) is 0 Å². The number of nitrogens with zero attached hydrogens (tertiary/aromatic N) is 1. The Morgan fingerprint density at radius 2 is 1.31 bits per heavy atom. The first kappa shape index (κ1) is 15.9. The SMILES string of the molecule is Clc1ccc2cc3c4ccc(Cl)cc4n4c5ccc6ccccc6c5c(c2c1)c34. The van der Waals surface area contributed by atoms with Gasteiger partial charge < -0.3 is 4.40 Å². The van der Waals surface area contributed by atoms with Crippen molar-refractivity contribution in [1.82, 2.24) is 4.40 Å². The molecule has 0 aliphatic heterocycles. The molecule has 0 atom stereocenters. The Balaban J connectivity index is 1.95. The molecule has 3 heteroatoms. The second kappa shape index (κ2) is 5.33. The maximum Gasteiger partial charge on any atom is 0.0627 e. The molecule has 7 rings (SSSR count). The van der Waals surface area contributed by atoms with Gasteiger partial charge in [-0.15, -0.1) is 0 Å². The number of hydrogen-bond acceptors (Lipinski definition) is 0. The molecular weight excluding hydrogens is 397 g/mol.